The lowest BCUT2D eigenvalue weighted by Gasteiger charge is -2.10. The Kier molecular flexibility index (Phi) is 4.07. The fraction of sp³-hybridized carbons (Fsp3) is 0.133. The molecule has 0 unspecified atom stereocenters. The Balaban J connectivity index is 2.03. The van der Waals surface area contributed by atoms with Crippen LogP contribution in [0, 0.1) is 13.8 Å². The maximum absolute atomic E-state index is 11.8. The minimum atomic E-state index is -0.269. The molecule has 0 aliphatic heterocycles. The average Bonchev–Trinajstić information content (AvgIpc) is 2.36. The van der Waals surface area contributed by atoms with Gasteiger partial charge in [-0.1, -0.05) is 29.3 Å². The van der Waals surface area contributed by atoms with Gasteiger partial charge in [0.2, 0.25) is 0 Å². The molecule has 0 saturated heterocycles. The van der Waals surface area contributed by atoms with Crippen LogP contribution < -0.4 is 10.6 Å². The summed E-state index contributed by atoms with van der Waals surface area (Å²) in [6.45, 7) is 3.90. The van der Waals surface area contributed by atoms with E-state index >= 15 is 0 Å². The number of carbonyl (C=O) groups excluding carboxylic acids is 1. The quantitative estimate of drug-likeness (QED) is 0.825. The largest absolute Gasteiger partial charge is 0.323 e. The van der Waals surface area contributed by atoms with E-state index in [1.54, 1.807) is 12.1 Å². The second kappa shape index (κ2) is 5.76. The van der Waals surface area contributed by atoms with Crippen LogP contribution in [0.2, 0.25) is 5.02 Å². The van der Waals surface area contributed by atoms with Gasteiger partial charge in [0.15, 0.2) is 0 Å². The molecule has 0 fully saturated rings. The predicted molar refractivity (Wildman–Crippen MR) is 80.0 cm³/mol. The fourth-order valence-electron chi connectivity index (χ4n) is 1.69. The van der Waals surface area contributed by atoms with Gasteiger partial charge < -0.3 is 10.6 Å². The summed E-state index contributed by atoms with van der Waals surface area (Å²) in [4.78, 5) is 11.8. The molecule has 0 atom stereocenters. The van der Waals surface area contributed by atoms with Crippen molar-refractivity contribution in [3.05, 3.63) is 58.6 Å². The molecule has 4 heteroatoms. The van der Waals surface area contributed by atoms with Crippen LogP contribution >= 0.6 is 11.6 Å². The lowest BCUT2D eigenvalue weighted by atomic mass is 10.2. The molecule has 2 rings (SSSR count). The monoisotopic (exact) mass is 274 g/mol. The number of anilines is 2. The number of carbonyl (C=O) groups is 1. The van der Waals surface area contributed by atoms with Gasteiger partial charge in [0, 0.05) is 16.4 Å². The average molecular weight is 275 g/mol. The van der Waals surface area contributed by atoms with E-state index in [4.69, 9.17) is 11.6 Å². The Morgan fingerprint density at radius 1 is 1.00 bits per heavy atom. The Bertz CT molecular complexity index is 594. The summed E-state index contributed by atoms with van der Waals surface area (Å²) < 4.78 is 0. The first kappa shape index (κ1) is 13.4. The van der Waals surface area contributed by atoms with Gasteiger partial charge in [-0.25, -0.2) is 4.79 Å². The van der Waals surface area contributed by atoms with E-state index in [-0.39, 0.29) is 6.03 Å². The molecule has 3 nitrogen and oxygen atoms in total. The van der Waals surface area contributed by atoms with Crippen molar-refractivity contribution in [3.63, 3.8) is 0 Å². The highest BCUT2D eigenvalue weighted by molar-refractivity contribution is 6.30. The molecular formula is C15H15ClN2O. The molecule has 0 aliphatic carbocycles. The molecule has 0 radical (unpaired) electrons. The summed E-state index contributed by atoms with van der Waals surface area (Å²) in [7, 11) is 0. The second-order valence-corrected chi connectivity index (χ2v) is 4.84. The first-order valence-corrected chi connectivity index (χ1v) is 6.33. The van der Waals surface area contributed by atoms with E-state index in [2.05, 4.69) is 10.6 Å². The minimum Gasteiger partial charge on any atom is -0.308 e. The Morgan fingerprint density at radius 3 is 2.32 bits per heavy atom. The van der Waals surface area contributed by atoms with Crippen LogP contribution in [-0.4, -0.2) is 6.03 Å². The summed E-state index contributed by atoms with van der Waals surface area (Å²) in [6, 6.07) is 12.7. The second-order valence-electron chi connectivity index (χ2n) is 4.40. The normalized spacial score (nSPS) is 10.1. The Morgan fingerprint density at radius 2 is 1.68 bits per heavy atom. The van der Waals surface area contributed by atoms with Crippen molar-refractivity contribution in [3.8, 4) is 0 Å². The molecule has 98 valence electrons. The van der Waals surface area contributed by atoms with E-state index in [9.17, 15) is 4.79 Å². The number of aryl methyl sites for hydroxylation is 2. The van der Waals surface area contributed by atoms with Crippen molar-refractivity contribution in [2.75, 3.05) is 10.6 Å². The van der Waals surface area contributed by atoms with Crippen LogP contribution in [0.1, 0.15) is 11.1 Å². The minimum absolute atomic E-state index is 0.269. The number of hydrogen-bond donors (Lipinski definition) is 2. The van der Waals surface area contributed by atoms with E-state index < -0.39 is 0 Å². The molecule has 0 heterocycles. The summed E-state index contributed by atoms with van der Waals surface area (Å²) in [5, 5.41) is 6.22. The molecule has 0 spiro atoms. The zero-order chi connectivity index (χ0) is 13.8. The first-order chi connectivity index (χ1) is 9.04. The number of rotatable bonds is 2. The number of benzene rings is 2. The smallest absolute Gasteiger partial charge is 0.308 e. The third-order valence-electron chi connectivity index (χ3n) is 2.75. The Labute approximate surface area is 117 Å². The topological polar surface area (TPSA) is 41.1 Å². The highest BCUT2D eigenvalue weighted by atomic mass is 35.5. The van der Waals surface area contributed by atoms with Gasteiger partial charge in [-0.05, 0) is 49.7 Å². The van der Waals surface area contributed by atoms with E-state index in [1.165, 1.54) is 0 Å². The molecule has 19 heavy (non-hydrogen) atoms. The third-order valence-corrected chi connectivity index (χ3v) is 2.98. The zero-order valence-corrected chi connectivity index (χ0v) is 11.6. The summed E-state index contributed by atoms with van der Waals surface area (Å²) >= 11 is 5.87. The van der Waals surface area contributed by atoms with E-state index in [0.717, 1.165) is 22.5 Å². The summed E-state index contributed by atoms with van der Waals surface area (Å²) in [5.41, 5.74) is 3.58. The van der Waals surface area contributed by atoms with Crippen LogP contribution in [0.5, 0.6) is 0 Å². The number of urea groups is 1. The van der Waals surface area contributed by atoms with Crippen molar-refractivity contribution < 1.29 is 4.79 Å². The lowest BCUT2D eigenvalue weighted by Crippen LogP contribution is -2.19. The van der Waals surface area contributed by atoms with Gasteiger partial charge >= 0.3 is 6.03 Å². The van der Waals surface area contributed by atoms with Crippen LogP contribution in [0.4, 0.5) is 16.2 Å². The molecule has 2 aromatic carbocycles. The molecule has 2 N–H and O–H groups in total. The predicted octanol–water partition coefficient (Wildman–Crippen LogP) is 4.60. The number of halogens is 1. The molecule has 2 amide bonds. The van der Waals surface area contributed by atoms with Gasteiger partial charge in [-0.15, -0.1) is 0 Å². The molecule has 0 saturated carbocycles. The number of hydrogen-bond acceptors (Lipinski definition) is 1. The summed E-state index contributed by atoms with van der Waals surface area (Å²) in [6.07, 6.45) is 0. The van der Waals surface area contributed by atoms with Crippen LogP contribution in [0.3, 0.4) is 0 Å². The van der Waals surface area contributed by atoms with Crippen molar-refractivity contribution >= 4 is 29.0 Å². The van der Waals surface area contributed by atoms with Gasteiger partial charge in [0.1, 0.15) is 0 Å². The van der Waals surface area contributed by atoms with Crippen LogP contribution in [0.15, 0.2) is 42.5 Å². The molecule has 0 aromatic heterocycles. The Hall–Kier alpha value is -2.00. The SMILES string of the molecule is Cc1ccc(NC(=O)Nc2ccc(Cl)cc2C)cc1. The number of amides is 2. The highest BCUT2D eigenvalue weighted by Gasteiger charge is 2.05. The fourth-order valence-corrected chi connectivity index (χ4v) is 1.92. The zero-order valence-electron chi connectivity index (χ0n) is 10.8. The van der Waals surface area contributed by atoms with Crippen molar-refractivity contribution in [1.82, 2.24) is 0 Å². The third kappa shape index (κ3) is 3.73. The molecule has 2 aromatic rings. The van der Waals surface area contributed by atoms with E-state index in [0.29, 0.717) is 5.02 Å². The first-order valence-electron chi connectivity index (χ1n) is 5.95. The molecule has 0 aliphatic rings. The van der Waals surface area contributed by atoms with Gasteiger partial charge in [0.05, 0.1) is 0 Å². The highest BCUT2D eigenvalue weighted by Crippen LogP contribution is 2.19. The van der Waals surface area contributed by atoms with Crippen molar-refractivity contribution in [1.29, 1.82) is 0 Å². The maximum Gasteiger partial charge on any atom is 0.323 e. The van der Waals surface area contributed by atoms with Crippen molar-refractivity contribution in [2.24, 2.45) is 0 Å². The van der Waals surface area contributed by atoms with Gasteiger partial charge in [0.25, 0.3) is 0 Å². The summed E-state index contributed by atoms with van der Waals surface area (Å²) in [5.74, 6) is 0. The van der Waals surface area contributed by atoms with Gasteiger partial charge in [-0.2, -0.15) is 0 Å². The van der Waals surface area contributed by atoms with E-state index in [1.807, 2.05) is 44.2 Å². The van der Waals surface area contributed by atoms with Crippen LogP contribution in [-0.2, 0) is 0 Å². The maximum atomic E-state index is 11.8. The lowest BCUT2D eigenvalue weighted by molar-refractivity contribution is 0.262. The van der Waals surface area contributed by atoms with Gasteiger partial charge in [-0.3, -0.25) is 0 Å². The van der Waals surface area contributed by atoms with Crippen molar-refractivity contribution in [2.45, 2.75) is 13.8 Å². The standard InChI is InChI=1S/C15H15ClN2O/c1-10-3-6-13(7-4-10)17-15(19)18-14-8-5-12(16)9-11(14)2/h3-9H,1-2H3,(H2,17,18,19). The van der Waals surface area contributed by atoms with Crippen LogP contribution in [0.25, 0.3) is 0 Å². The number of nitrogens with one attached hydrogen (secondary N) is 2. The molecule has 0 bridgehead atoms. The molecular weight excluding hydrogens is 260 g/mol.